The molecule has 1 aromatic carbocycles. The van der Waals surface area contributed by atoms with Crippen molar-refractivity contribution in [3.8, 4) is 11.8 Å². The molecule has 24 heavy (non-hydrogen) atoms. The van der Waals surface area contributed by atoms with Crippen LogP contribution in [0.25, 0.3) is 0 Å². The lowest BCUT2D eigenvalue weighted by atomic mass is 10.2. The molecule has 1 N–H and O–H groups in total. The van der Waals surface area contributed by atoms with Gasteiger partial charge in [0.05, 0.1) is 26.9 Å². The fourth-order valence-corrected chi connectivity index (χ4v) is 1.76. The molecule has 0 aliphatic heterocycles. The van der Waals surface area contributed by atoms with Gasteiger partial charge >= 0.3 is 17.4 Å². The van der Waals surface area contributed by atoms with Crippen LogP contribution in [0, 0.1) is 37.3 Å². The second-order valence-corrected chi connectivity index (χ2v) is 4.38. The first-order valence-electron chi connectivity index (χ1n) is 6.06. The number of hydrogen-bond acceptors (Lipinski definition) is 9. The first-order chi connectivity index (χ1) is 11.2. The summed E-state index contributed by atoms with van der Waals surface area (Å²) in [5.74, 6) is -0.885. The lowest BCUT2D eigenvalue weighted by Gasteiger charge is -2.06. The van der Waals surface area contributed by atoms with Crippen molar-refractivity contribution in [3.63, 3.8) is 0 Å². The monoisotopic (exact) mass is 337 g/mol. The lowest BCUT2D eigenvalue weighted by Crippen LogP contribution is -2.09. The van der Waals surface area contributed by atoms with Crippen LogP contribution >= 0.6 is 0 Å². The van der Waals surface area contributed by atoms with E-state index < -0.39 is 49.2 Å². The Morgan fingerprint density at radius 1 is 1.00 bits per heavy atom. The van der Waals surface area contributed by atoms with Gasteiger partial charge in [-0.2, -0.15) is 0 Å². The van der Waals surface area contributed by atoms with Crippen LogP contribution < -0.4 is 10.3 Å². The SMILES string of the molecule is Cc1cc(=O)[nH]c(Oc2c([N+](=O)[O-])cc([N+](=O)[O-])cc2[N+](=O)[O-])n1. The summed E-state index contributed by atoms with van der Waals surface area (Å²) in [6.07, 6.45) is 0. The van der Waals surface area contributed by atoms with E-state index in [1.165, 1.54) is 6.92 Å². The summed E-state index contributed by atoms with van der Waals surface area (Å²) >= 11 is 0. The molecule has 2 rings (SSSR count). The first-order valence-corrected chi connectivity index (χ1v) is 6.06. The minimum atomic E-state index is -1.08. The van der Waals surface area contributed by atoms with Gasteiger partial charge in [0.2, 0.25) is 0 Å². The van der Waals surface area contributed by atoms with Gasteiger partial charge in [0, 0.05) is 11.8 Å². The highest BCUT2D eigenvalue weighted by atomic mass is 16.6. The highest BCUT2D eigenvalue weighted by molar-refractivity contribution is 5.66. The number of benzene rings is 1. The van der Waals surface area contributed by atoms with Gasteiger partial charge in [0.1, 0.15) is 0 Å². The molecule has 0 unspecified atom stereocenters. The molecule has 1 heterocycles. The Morgan fingerprint density at radius 3 is 1.96 bits per heavy atom. The Bertz CT molecular complexity index is 886. The van der Waals surface area contributed by atoms with Crippen molar-refractivity contribution < 1.29 is 19.5 Å². The minimum Gasteiger partial charge on any atom is -0.411 e. The van der Waals surface area contributed by atoms with Crippen LogP contribution in [0.15, 0.2) is 23.0 Å². The van der Waals surface area contributed by atoms with Gasteiger partial charge in [-0.05, 0) is 6.92 Å². The average Bonchev–Trinajstić information content (AvgIpc) is 2.45. The van der Waals surface area contributed by atoms with Crippen LogP contribution in [-0.4, -0.2) is 24.7 Å². The maximum Gasteiger partial charge on any atom is 0.325 e. The third kappa shape index (κ3) is 3.29. The highest BCUT2D eigenvalue weighted by Gasteiger charge is 2.33. The second-order valence-electron chi connectivity index (χ2n) is 4.38. The molecule has 0 spiro atoms. The average molecular weight is 337 g/mol. The van der Waals surface area contributed by atoms with E-state index in [1.807, 2.05) is 0 Å². The number of nitrogens with zero attached hydrogens (tertiary/aromatic N) is 4. The molecule has 0 aliphatic rings. The first kappa shape index (κ1) is 16.5. The van der Waals surface area contributed by atoms with Crippen molar-refractivity contribution in [2.45, 2.75) is 6.92 Å². The molecule has 0 amide bonds. The number of nitrogens with one attached hydrogen (secondary N) is 1. The number of nitro benzene ring substituents is 3. The van der Waals surface area contributed by atoms with Crippen LogP contribution in [0.5, 0.6) is 11.8 Å². The van der Waals surface area contributed by atoms with E-state index in [0.29, 0.717) is 12.1 Å². The molecule has 13 heteroatoms. The van der Waals surface area contributed by atoms with Crippen molar-refractivity contribution in [2.75, 3.05) is 0 Å². The molecule has 0 saturated heterocycles. The van der Waals surface area contributed by atoms with Crippen molar-refractivity contribution in [1.82, 2.24) is 9.97 Å². The minimum absolute atomic E-state index is 0.195. The molecular formula is C11H7N5O8. The Hall–Kier alpha value is -3.90. The fraction of sp³-hybridized carbons (Fsp3) is 0.0909. The number of hydrogen-bond donors (Lipinski definition) is 1. The summed E-state index contributed by atoms with van der Waals surface area (Å²) in [7, 11) is 0. The molecule has 0 aliphatic carbocycles. The van der Waals surface area contributed by atoms with Crippen LogP contribution in [0.4, 0.5) is 17.1 Å². The molecule has 0 radical (unpaired) electrons. The van der Waals surface area contributed by atoms with E-state index in [1.54, 1.807) is 0 Å². The summed E-state index contributed by atoms with van der Waals surface area (Å²) in [5.41, 5.74) is -3.34. The van der Waals surface area contributed by atoms with Crippen LogP contribution in [0.2, 0.25) is 0 Å². The molecule has 0 bridgehead atoms. The Labute approximate surface area is 131 Å². The number of nitro groups is 3. The number of rotatable bonds is 5. The molecular weight excluding hydrogens is 330 g/mol. The Morgan fingerprint density at radius 2 is 1.54 bits per heavy atom. The van der Waals surface area contributed by atoms with E-state index in [9.17, 15) is 35.1 Å². The number of H-pyrrole nitrogens is 1. The number of aryl methyl sites for hydroxylation is 1. The summed E-state index contributed by atoms with van der Waals surface area (Å²) < 4.78 is 4.99. The quantitative estimate of drug-likeness (QED) is 0.624. The van der Waals surface area contributed by atoms with Gasteiger partial charge in [-0.3, -0.25) is 40.1 Å². The molecule has 124 valence electrons. The van der Waals surface area contributed by atoms with Crippen LogP contribution in [-0.2, 0) is 0 Å². The van der Waals surface area contributed by atoms with Crippen molar-refractivity contribution in [1.29, 1.82) is 0 Å². The lowest BCUT2D eigenvalue weighted by molar-refractivity contribution is -0.404. The topological polar surface area (TPSA) is 184 Å². The van der Waals surface area contributed by atoms with Crippen molar-refractivity contribution >= 4 is 17.1 Å². The zero-order valence-electron chi connectivity index (χ0n) is 11.8. The molecule has 1 aromatic heterocycles. The number of aromatic amines is 1. The van der Waals surface area contributed by atoms with E-state index in [0.717, 1.165) is 6.07 Å². The van der Waals surface area contributed by atoms with E-state index in [4.69, 9.17) is 4.74 Å². The molecule has 0 saturated carbocycles. The van der Waals surface area contributed by atoms with Crippen molar-refractivity contribution in [2.24, 2.45) is 0 Å². The normalized spacial score (nSPS) is 10.2. The Balaban J connectivity index is 2.70. The maximum absolute atomic E-state index is 11.3. The number of ether oxygens (including phenoxy) is 1. The summed E-state index contributed by atoms with van der Waals surface area (Å²) in [5, 5.41) is 32.9. The van der Waals surface area contributed by atoms with Crippen molar-refractivity contribution in [3.05, 3.63) is 64.6 Å². The maximum atomic E-state index is 11.3. The van der Waals surface area contributed by atoms with Gasteiger partial charge in [-0.25, -0.2) is 4.98 Å². The van der Waals surface area contributed by atoms with E-state index >= 15 is 0 Å². The van der Waals surface area contributed by atoms with Gasteiger partial charge < -0.3 is 4.74 Å². The summed E-state index contributed by atoms with van der Waals surface area (Å²) in [4.78, 5) is 46.9. The smallest absolute Gasteiger partial charge is 0.325 e. The van der Waals surface area contributed by atoms with Crippen LogP contribution in [0.3, 0.4) is 0 Å². The number of non-ortho nitro benzene ring substituents is 1. The van der Waals surface area contributed by atoms with Gasteiger partial charge in [0.25, 0.3) is 17.0 Å². The zero-order chi connectivity index (χ0) is 18.0. The molecule has 0 fully saturated rings. The van der Waals surface area contributed by atoms with Gasteiger partial charge in [0.15, 0.2) is 0 Å². The highest BCUT2D eigenvalue weighted by Crippen LogP contribution is 2.41. The predicted octanol–water partition coefficient (Wildman–Crippen LogP) is 1.60. The van der Waals surface area contributed by atoms with E-state index in [-0.39, 0.29) is 5.69 Å². The van der Waals surface area contributed by atoms with Gasteiger partial charge in [-0.1, -0.05) is 0 Å². The third-order valence-electron chi connectivity index (χ3n) is 2.69. The Kier molecular flexibility index (Phi) is 4.17. The summed E-state index contributed by atoms with van der Waals surface area (Å²) in [6, 6.07) is 1.60. The number of aromatic nitrogens is 2. The zero-order valence-corrected chi connectivity index (χ0v) is 11.8. The third-order valence-corrected chi connectivity index (χ3v) is 2.69. The molecule has 13 nitrogen and oxygen atoms in total. The largest absolute Gasteiger partial charge is 0.411 e. The second kappa shape index (κ2) is 6.07. The van der Waals surface area contributed by atoms with Gasteiger partial charge in [-0.15, -0.1) is 0 Å². The summed E-state index contributed by atoms with van der Waals surface area (Å²) in [6.45, 7) is 1.43. The standard InChI is InChI=1S/C11H7N5O8/c1-5-2-9(17)13-11(12-5)24-10-7(15(20)21)3-6(14(18)19)4-8(10)16(22)23/h2-4H,1H3,(H,12,13,17). The van der Waals surface area contributed by atoms with Crippen LogP contribution in [0.1, 0.15) is 5.69 Å². The van der Waals surface area contributed by atoms with E-state index in [2.05, 4.69) is 9.97 Å². The molecule has 2 aromatic rings. The fourth-order valence-electron chi connectivity index (χ4n) is 1.76. The molecule has 0 atom stereocenters. The predicted molar refractivity (Wildman–Crippen MR) is 76.1 cm³/mol.